The van der Waals surface area contributed by atoms with Gasteiger partial charge in [-0.25, -0.2) is 0 Å². The number of thioether (sulfide) groups is 1. The standard InChI is InChI=1S/C13H27NS/c1-6-12-9-15-13(14-12,7-10(2)3)8-11(4)5/h10-12,14H,6-9H2,1-5H3. The molecule has 0 bridgehead atoms. The summed E-state index contributed by atoms with van der Waals surface area (Å²) in [4.78, 5) is 0.378. The molecule has 0 aromatic rings. The van der Waals surface area contributed by atoms with Gasteiger partial charge >= 0.3 is 0 Å². The van der Waals surface area contributed by atoms with Gasteiger partial charge in [0.15, 0.2) is 0 Å². The van der Waals surface area contributed by atoms with Crippen LogP contribution in [0.4, 0.5) is 0 Å². The Morgan fingerprint density at radius 3 is 2.07 bits per heavy atom. The molecule has 0 aromatic heterocycles. The van der Waals surface area contributed by atoms with E-state index in [1.54, 1.807) is 0 Å². The minimum Gasteiger partial charge on any atom is -0.299 e. The molecule has 2 heteroatoms. The van der Waals surface area contributed by atoms with E-state index in [4.69, 9.17) is 0 Å². The lowest BCUT2D eigenvalue weighted by atomic mass is 9.94. The summed E-state index contributed by atoms with van der Waals surface area (Å²) < 4.78 is 0. The maximum atomic E-state index is 3.88. The van der Waals surface area contributed by atoms with Crippen LogP contribution in [0.5, 0.6) is 0 Å². The fraction of sp³-hybridized carbons (Fsp3) is 1.00. The normalized spacial score (nSPS) is 25.4. The Balaban J connectivity index is 2.61. The van der Waals surface area contributed by atoms with Gasteiger partial charge in [0, 0.05) is 11.8 Å². The highest BCUT2D eigenvalue weighted by molar-refractivity contribution is 8.00. The van der Waals surface area contributed by atoms with Gasteiger partial charge in [-0.05, 0) is 31.1 Å². The average molecular weight is 229 g/mol. The van der Waals surface area contributed by atoms with Crippen LogP contribution in [-0.2, 0) is 0 Å². The summed E-state index contributed by atoms with van der Waals surface area (Å²) in [6.45, 7) is 11.6. The highest BCUT2D eigenvalue weighted by Gasteiger charge is 2.39. The van der Waals surface area contributed by atoms with Gasteiger partial charge in [-0.1, -0.05) is 34.6 Å². The van der Waals surface area contributed by atoms with Crippen molar-refractivity contribution in [1.82, 2.24) is 5.32 Å². The van der Waals surface area contributed by atoms with E-state index in [1.165, 1.54) is 25.0 Å². The molecule has 1 nitrogen and oxygen atoms in total. The van der Waals surface area contributed by atoms with Gasteiger partial charge in [-0.2, -0.15) is 0 Å². The minimum absolute atomic E-state index is 0.378. The van der Waals surface area contributed by atoms with E-state index in [9.17, 15) is 0 Å². The second-order valence-electron chi connectivity index (χ2n) is 5.75. The van der Waals surface area contributed by atoms with Gasteiger partial charge in [0.05, 0.1) is 4.87 Å². The van der Waals surface area contributed by atoms with Gasteiger partial charge in [0.1, 0.15) is 0 Å². The van der Waals surface area contributed by atoms with E-state index < -0.39 is 0 Å². The quantitative estimate of drug-likeness (QED) is 0.767. The molecule has 0 saturated carbocycles. The lowest BCUT2D eigenvalue weighted by molar-refractivity contribution is 0.315. The van der Waals surface area contributed by atoms with Crippen LogP contribution in [0, 0.1) is 11.8 Å². The zero-order chi connectivity index (χ0) is 11.5. The summed E-state index contributed by atoms with van der Waals surface area (Å²) >= 11 is 2.17. The van der Waals surface area contributed by atoms with Crippen molar-refractivity contribution in [3.8, 4) is 0 Å². The Labute approximate surface area is 99.8 Å². The molecule has 1 N–H and O–H groups in total. The third-order valence-electron chi connectivity index (χ3n) is 3.00. The van der Waals surface area contributed by atoms with Crippen LogP contribution in [-0.4, -0.2) is 16.7 Å². The second kappa shape index (κ2) is 5.58. The van der Waals surface area contributed by atoms with Crippen molar-refractivity contribution in [1.29, 1.82) is 0 Å². The Hall–Kier alpha value is 0.310. The molecule has 1 aliphatic heterocycles. The molecule has 0 amide bonds. The summed E-state index contributed by atoms with van der Waals surface area (Å²) in [6, 6.07) is 0.743. The first-order valence-electron chi connectivity index (χ1n) is 6.39. The van der Waals surface area contributed by atoms with E-state index in [2.05, 4.69) is 51.7 Å². The molecule has 0 radical (unpaired) electrons. The molecule has 0 aliphatic carbocycles. The van der Waals surface area contributed by atoms with Gasteiger partial charge in [0.2, 0.25) is 0 Å². The predicted octanol–water partition coefficient (Wildman–Crippen LogP) is 3.89. The first kappa shape index (κ1) is 13.4. The van der Waals surface area contributed by atoms with E-state index in [0.29, 0.717) is 4.87 Å². The first-order chi connectivity index (χ1) is 6.97. The minimum atomic E-state index is 0.378. The van der Waals surface area contributed by atoms with Crippen molar-refractivity contribution in [2.24, 2.45) is 11.8 Å². The summed E-state index contributed by atoms with van der Waals surface area (Å²) in [6.07, 6.45) is 3.89. The van der Waals surface area contributed by atoms with E-state index in [-0.39, 0.29) is 0 Å². The molecule has 90 valence electrons. The van der Waals surface area contributed by atoms with Crippen LogP contribution in [0.1, 0.15) is 53.9 Å². The van der Waals surface area contributed by atoms with Crippen LogP contribution in [0.25, 0.3) is 0 Å². The molecular weight excluding hydrogens is 202 g/mol. The third-order valence-corrected chi connectivity index (χ3v) is 4.57. The van der Waals surface area contributed by atoms with Crippen LogP contribution in [0.2, 0.25) is 0 Å². The molecule has 0 aromatic carbocycles. The Bertz CT molecular complexity index is 179. The second-order valence-corrected chi connectivity index (χ2v) is 7.15. The molecule has 1 saturated heterocycles. The topological polar surface area (TPSA) is 12.0 Å². The number of hydrogen-bond acceptors (Lipinski definition) is 2. The van der Waals surface area contributed by atoms with Crippen molar-refractivity contribution >= 4 is 11.8 Å². The number of rotatable bonds is 5. The van der Waals surface area contributed by atoms with Crippen LogP contribution in [0.15, 0.2) is 0 Å². The highest BCUT2D eigenvalue weighted by Crippen LogP contribution is 2.41. The van der Waals surface area contributed by atoms with Crippen molar-refractivity contribution in [2.75, 3.05) is 5.75 Å². The molecular formula is C13H27NS. The Kier molecular flexibility index (Phi) is 4.98. The summed E-state index contributed by atoms with van der Waals surface area (Å²) in [5.74, 6) is 2.88. The molecule has 1 heterocycles. The molecule has 0 spiro atoms. The van der Waals surface area contributed by atoms with Crippen LogP contribution in [0.3, 0.4) is 0 Å². The SMILES string of the molecule is CCC1CSC(CC(C)C)(CC(C)C)N1. The van der Waals surface area contributed by atoms with Crippen molar-refractivity contribution in [3.63, 3.8) is 0 Å². The predicted molar refractivity (Wildman–Crippen MR) is 71.3 cm³/mol. The lowest BCUT2D eigenvalue weighted by Crippen LogP contribution is -2.43. The van der Waals surface area contributed by atoms with Gasteiger partial charge in [-0.3, -0.25) is 5.32 Å². The molecule has 1 atom stereocenters. The monoisotopic (exact) mass is 229 g/mol. The lowest BCUT2D eigenvalue weighted by Gasteiger charge is -2.33. The molecule has 15 heavy (non-hydrogen) atoms. The number of hydrogen-bond donors (Lipinski definition) is 1. The van der Waals surface area contributed by atoms with Crippen molar-refractivity contribution in [2.45, 2.75) is 64.8 Å². The fourth-order valence-corrected chi connectivity index (χ4v) is 4.56. The zero-order valence-electron chi connectivity index (χ0n) is 11.0. The first-order valence-corrected chi connectivity index (χ1v) is 7.37. The van der Waals surface area contributed by atoms with E-state index >= 15 is 0 Å². The highest BCUT2D eigenvalue weighted by atomic mass is 32.2. The fourth-order valence-electron chi connectivity index (χ4n) is 2.57. The van der Waals surface area contributed by atoms with Crippen LogP contribution < -0.4 is 5.32 Å². The molecule has 1 aliphatic rings. The zero-order valence-corrected chi connectivity index (χ0v) is 11.8. The Morgan fingerprint density at radius 1 is 1.20 bits per heavy atom. The van der Waals surface area contributed by atoms with Gasteiger partial charge in [0.25, 0.3) is 0 Å². The summed E-state index contributed by atoms with van der Waals surface area (Å²) in [5, 5.41) is 3.88. The van der Waals surface area contributed by atoms with E-state index in [0.717, 1.165) is 17.9 Å². The summed E-state index contributed by atoms with van der Waals surface area (Å²) in [5.41, 5.74) is 0. The van der Waals surface area contributed by atoms with Crippen molar-refractivity contribution in [3.05, 3.63) is 0 Å². The maximum absolute atomic E-state index is 3.88. The smallest absolute Gasteiger partial charge is 0.0653 e. The molecule has 1 unspecified atom stereocenters. The molecule has 1 rings (SSSR count). The molecule has 1 fully saturated rings. The van der Waals surface area contributed by atoms with Gasteiger partial charge in [-0.15, -0.1) is 11.8 Å². The van der Waals surface area contributed by atoms with Crippen LogP contribution >= 0.6 is 11.8 Å². The van der Waals surface area contributed by atoms with Crippen molar-refractivity contribution < 1.29 is 0 Å². The summed E-state index contributed by atoms with van der Waals surface area (Å²) in [7, 11) is 0. The maximum Gasteiger partial charge on any atom is 0.0653 e. The van der Waals surface area contributed by atoms with E-state index in [1.807, 2.05) is 0 Å². The average Bonchev–Trinajstić information content (AvgIpc) is 2.45. The number of nitrogens with one attached hydrogen (secondary N) is 1. The Morgan fingerprint density at radius 2 is 1.73 bits per heavy atom. The third kappa shape index (κ3) is 3.99. The van der Waals surface area contributed by atoms with Gasteiger partial charge < -0.3 is 0 Å². The largest absolute Gasteiger partial charge is 0.299 e.